The number of carboxylic acids is 1. The van der Waals surface area contributed by atoms with Gasteiger partial charge in [0.2, 0.25) is 0 Å². The Bertz CT molecular complexity index is 343. The van der Waals surface area contributed by atoms with Crippen LogP contribution in [0.3, 0.4) is 0 Å². The number of alkyl carbamates (subject to hydrolysis) is 1. The lowest BCUT2D eigenvalue weighted by Crippen LogP contribution is -2.35. The van der Waals surface area contributed by atoms with E-state index in [1.54, 1.807) is 0 Å². The van der Waals surface area contributed by atoms with Crippen molar-refractivity contribution in [2.45, 2.75) is 52.1 Å². The summed E-state index contributed by atoms with van der Waals surface area (Å²) >= 11 is 0. The van der Waals surface area contributed by atoms with Gasteiger partial charge >= 0.3 is 12.1 Å². The van der Waals surface area contributed by atoms with Crippen molar-refractivity contribution in [1.29, 1.82) is 0 Å². The molecule has 3 N–H and O–H groups in total. The summed E-state index contributed by atoms with van der Waals surface area (Å²) in [7, 11) is 1.92. The third-order valence-corrected chi connectivity index (χ3v) is 3.09. The number of amides is 1. The van der Waals surface area contributed by atoms with Crippen LogP contribution in [0, 0.1) is 0 Å². The molecule has 0 unspecified atom stereocenters. The lowest BCUT2D eigenvalue weighted by atomic mass is 10.2. The number of rotatable bonds is 12. The van der Waals surface area contributed by atoms with Gasteiger partial charge in [0.25, 0.3) is 0 Å². The van der Waals surface area contributed by atoms with E-state index in [0.29, 0.717) is 13.0 Å². The van der Waals surface area contributed by atoms with Gasteiger partial charge in [0.05, 0.1) is 0 Å². The minimum absolute atomic E-state index is 0.193. The second-order valence-electron chi connectivity index (χ2n) is 6.58. The maximum absolute atomic E-state index is 11.5. The van der Waals surface area contributed by atoms with Gasteiger partial charge in [-0.05, 0) is 73.3 Å². The molecule has 0 saturated carbocycles. The number of nitrogens with one attached hydrogen (secondary N) is 2. The summed E-state index contributed by atoms with van der Waals surface area (Å²) < 4.78 is 5.18. The monoisotopic (exact) mass is 331 g/mol. The summed E-state index contributed by atoms with van der Waals surface area (Å²) in [6.45, 7) is 9.51. The maximum Gasteiger partial charge on any atom is 0.407 e. The fourth-order valence-corrected chi connectivity index (χ4v) is 2.08. The molecule has 0 fully saturated rings. The summed E-state index contributed by atoms with van der Waals surface area (Å²) in [5, 5.41) is 14.6. The molecule has 1 amide bonds. The zero-order valence-electron chi connectivity index (χ0n) is 15.0. The van der Waals surface area contributed by atoms with Crippen molar-refractivity contribution in [3.8, 4) is 0 Å². The van der Waals surface area contributed by atoms with Crippen LogP contribution in [0.2, 0.25) is 0 Å². The SMILES string of the molecule is CNCCCN(CCCNC(=O)OC(C)(C)C)CCCC(=O)O. The van der Waals surface area contributed by atoms with Crippen molar-refractivity contribution in [1.82, 2.24) is 15.5 Å². The molecule has 0 atom stereocenters. The fourth-order valence-electron chi connectivity index (χ4n) is 2.08. The van der Waals surface area contributed by atoms with Crippen LogP contribution in [0.25, 0.3) is 0 Å². The molecule has 23 heavy (non-hydrogen) atoms. The summed E-state index contributed by atoms with van der Waals surface area (Å²) in [5.74, 6) is -0.758. The predicted molar refractivity (Wildman–Crippen MR) is 90.7 cm³/mol. The highest BCUT2D eigenvalue weighted by molar-refractivity contribution is 5.67. The molecule has 0 saturated heterocycles. The van der Waals surface area contributed by atoms with Crippen LogP contribution in [-0.4, -0.2) is 67.4 Å². The van der Waals surface area contributed by atoms with E-state index < -0.39 is 17.7 Å². The molecule has 0 aromatic rings. The van der Waals surface area contributed by atoms with E-state index in [1.165, 1.54) is 0 Å². The van der Waals surface area contributed by atoms with E-state index >= 15 is 0 Å². The van der Waals surface area contributed by atoms with Crippen LogP contribution in [0.1, 0.15) is 46.5 Å². The van der Waals surface area contributed by atoms with Gasteiger partial charge in [-0.25, -0.2) is 4.79 Å². The molecule has 7 nitrogen and oxygen atoms in total. The van der Waals surface area contributed by atoms with Crippen molar-refractivity contribution >= 4 is 12.1 Å². The molecule has 0 aliphatic carbocycles. The van der Waals surface area contributed by atoms with Crippen LogP contribution in [0.15, 0.2) is 0 Å². The molecule has 0 aromatic carbocycles. The standard InChI is InChI=1S/C16H33N3O4/c1-16(2,3)23-15(22)18-10-7-13-19(12-6-9-17-4)11-5-8-14(20)21/h17H,5-13H2,1-4H3,(H,18,22)(H,20,21). The Morgan fingerprint density at radius 2 is 1.61 bits per heavy atom. The van der Waals surface area contributed by atoms with Crippen molar-refractivity contribution in [2.75, 3.05) is 39.8 Å². The fraction of sp³-hybridized carbons (Fsp3) is 0.875. The first-order valence-electron chi connectivity index (χ1n) is 8.30. The smallest absolute Gasteiger partial charge is 0.407 e. The molecule has 0 bridgehead atoms. The van der Waals surface area contributed by atoms with Crippen molar-refractivity contribution in [2.24, 2.45) is 0 Å². The van der Waals surface area contributed by atoms with Crippen molar-refractivity contribution in [3.05, 3.63) is 0 Å². The Labute approximate surface area is 139 Å². The van der Waals surface area contributed by atoms with Gasteiger partial charge in [-0.2, -0.15) is 0 Å². The molecule has 0 rings (SSSR count). The van der Waals surface area contributed by atoms with E-state index in [0.717, 1.165) is 39.0 Å². The van der Waals surface area contributed by atoms with Gasteiger partial charge in [0, 0.05) is 13.0 Å². The number of nitrogens with zero attached hydrogens (tertiary/aromatic N) is 1. The van der Waals surface area contributed by atoms with Gasteiger partial charge < -0.3 is 25.4 Å². The quantitative estimate of drug-likeness (QED) is 0.471. The summed E-state index contributed by atoms with van der Waals surface area (Å²) in [6, 6.07) is 0. The lowest BCUT2D eigenvalue weighted by molar-refractivity contribution is -0.137. The first-order chi connectivity index (χ1) is 10.7. The van der Waals surface area contributed by atoms with E-state index in [2.05, 4.69) is 15.5 Å². The van der Waals surface area contributed by atoms with Crippen LogP contribution in [-0.2, 0) is 9.53 Å². The van der Waals surface area contributed by atoms with Gasteiger partial charge in [-0.1, -0.05) is 0 Å². The minimum atomic E-state index is -0.758. The Morgan fingerprint density at radius 1 is 1.04 bits per heavy atom. The second kappa shape index (κ2) is 12.1. The summed E-state index contributed by atoms with van der Waals surface area (Å²) in [4.78, 5) is 24.4. The molecule has 7 heteroatoms. The topological polar surface area (TPSA) is 90.9 Å². The second-order valence-corrected chi connectivity index (χ2v) is 6.58. The third kappa shape index (κ3) is 15.3. The number of aliphatic carboxylic acids is 1. The number of hydrogen-bond acceptors (Lipinski definition) is 5. The lowest BCUT2D eigenvalue weighted by Gasteiger charge is -2.23. The average molecular weight is 331 g/mol. The first kappa shape index (κ1) is 21.7. The highest BCUT2D eigenvalue weighted by Crippen LogP contribution is 2.06. The molecule has 0 aromatic heterocycles. The van der Waals surface area contributed by atoms with Crippen LogP contribution in [0.4, 0.5) is 4.79 Å². The zero-order valence-corrected chi connectivity index (χ0v) is 15.0. The molecule has 0 radical (unpaired) electrons. The van der Waals surface area contributed by atoms with Gasteiger partial charge in [0.1, 0.15) is 5.60 Å². The summed E-state index contributed by atoms with van der Waals surface area (Å²) in [6.07, 6.45) is 2.27. The number of carboxylic acid groups (broad SMARTS) is 1. The van der Waals surface area contributed by atoms with Gasteiger partial charge in [0.15, 0.2) is 0 Å². The molecular weight excluding hydrogens is 298 g/mol. The minimum Gasteiger partial charge on any atom is -0.481 e. The van der Waals surface area contributed by atoms with Crippen LogP contribution < -0.4 is 10.6 Å². The first-order valence-corrected chi connectivity index (χ1v) is 8.30. The number of carbonyl (C=O) groups is 2. The number of carbonyl (C=O) groups excluding carboxylic acids is 1. The highest BCUT2D eigenvalue weighted by atomic mass is 16.6. The van der Waals surface area contributed by atoms with Crippen LogP contribution >= 0.6 is 0 Å². The molecular formula is C16H33N3O4. The highest BCUT2D eigenvalue weighted by Gasteiger charge is 2.15. The Morgan fingerprint density at radius 3 is 2.13 bits per heavy atom. The number of ether oxygens (including phenoxy) is 1. The molecule has 0 aliphatic heterocycles. The number of hydrogen-bond donors (Lipinski definition) is 3. The normalized spacial score (nSPS) is 11.5. The predicted octanol–water partition coefficient (Wildman–Crippen LogP) is 1.68. The molecule has 0 heterocycles. The third-order valence-electron chi connectivity index (χ3n) is 3.09. The van der Waals surface area contributed by atoms with Crippen LogP contribution in [0.5, 0.6) is 0 Å². The maximum atomic E-state index is 11.5. The Kier molecular flexibility index (Phi) is 11.4. The average Bonchev–Trinajstić information content (AvgIpc) is 2.40. The van der Waals surface area contributed by atoms with Crippen molar-refractivity contribution in [3.63, 3.8) is 0 Å². The molecule has 0 aliphatic rings. The van der Waals surface area contributed by atoms with E-state index in [-0.39, 0.29) is 6.42 Å². The summed E-state index contributed by atoms with van der Waals surface area (Å²) in [5.41, 5.74) is -0.486. The Balaban J connectivity index is 3.97. The Hall–Kier alpha value is -1.34. The van der Waals surface area contributed by atoms with Gasteiger partial charge in [-0.15, -0.1) is 0 Å². The zero-order chi connectivity index (χ0) is 17.7. The largest absolute Gasteiger partial charge is 0.481 e. The van der Waals surface area contributed by atoms with E-state index in [1.807, 2.05) is 27.8 Å². The van der Waals surface area contributed by atoms with Gasteiger partial charge in [-0.3, -0.25) is 4.79 Å². The van der Waals surface area contributed by atoms with Crippen molar-refractivity contribution < 1.29 is 19.4 Å². The van der Waals surface area contributed by atoms with E-state index in [9.17, 15) is 9.59 Å². The molecule has 0 spiro atoms. The molecule has 136 valence electrons. The van der Waals surface area contributed by atoms with E-state index in [4.69, 9.17) is 9.84 Å².